The van der Waals surface area contributed by atoms with Gasteiger partial charge < -0.3 is 5.11 Å². The highest BCUT2D eigenvalue weighted by Gasteiger charge is 2.76. The van der Waals surface area contributed by atoms with E-state index in [1.54, 1.807) is 25.1 Å². The summed E-state index contributed by atoms with van der Waals surface area (Å²) in [7, 11) is 1.34. The summed E-state index contributed by atoms with van der Waals surface area (Å²) in [5.41, 5.74) is 2.44. The maximum Gasteiger partial charge on any atom is 0.253 e. The number of allylic oxidation sites excluding steroid dienone is 2. The van der Waals surface area contributed by atoms with Gasteiger partial charge in [-0.1, -0.05) is 60.2 Å². The SMILES string of the molecule is Cc1cccc([C@H]2C3=CC[C@@H]4C(=O)N(Cc5ccccc5)C(=O)[C@@H]4[C@@H]3C[C@@]3(Cl)C(=O)N(C)C(=O)[C@@]23Cl)c1O. The van der Waals surface area contributed by atoms with Gasteiger partial charge in [0.1, 0.15) is 5.75 Å². The van der Waals surface area contributed by atoms with Crippen molar-refractivity contribution < 1.29 is 24.3 Å². The van der Waals surface area contributed by atoms with Gasteiger partial charge in [0.05, 0.1) is 18.4 Å². The van der Waals surface area contributed by atoms with Crippen LogP contribution in [0.1, 0.15) is 35.4 Å². The summed E-state index contributed by atoms with van der Waals surface area (Å²) in [6.07, 6.45) is 2.09. The zero-order valence-corrected chi connectivity index (χ0v) is 22.4. The molecule has 0 bridgehead atoms. The van der Waals surface area contributed by atoms with Gasteiger partial charge in [0.15, 0.2) is 9.75 Å². The number of hydrogen-bond acceptors (Lipinski definition) is 5. The molecule has 196 valence electrons. The first kappa shape index (κ1) is 25.1. The number of imide groups is 2. The van der Waals surface area contributed by atoms with Crippen LogP contribution in [0.5, 0.6) is 5.75 Å². The van der Waals surface area contributed by atoms with E-state index >= 15 is 0 Å². The molecule has 3 fully saturated rings. The Morgan fingerprint density at radius 3 is 2.37 bits per heavy atom. The highest BCUT2D eigenvalue weighted by Crippen LogP contribution is 2.66. The van der Waals surface area contributed by atoms with E-state index in [1.807, 2.05) is 36.4 Å². The molecule has 1 saturated carbocycles. The van der Waals surface area contributed by atoms with E-state index in [0.29, 0.717) is 16.7 Å². The number of benzene rings is 2. The second-order valence-electron chi connectivity index (χ2n) is 10.8. The summed E-state index contributed by atoms with van der Waals surface area (Å²) in [6.45, 7) is 1.88. The molecule has 2 aromatic carbocycles. The van der Waals surface area contributed by atoms with Crippen molar-refractivity contribution in [2.75, 3.05) is 7.05 Å². The Hall–Kier alpha value is -3.16. The summed E-state index contributed by atoms with van der Waals surface area (Å²) in [4.78, 5) is 52.8. The molecular formula is C29H26Cl2N2O5. The van der Waals surface area contributed by atoms with Crippen molar-refractivity contribution in [2.45, 2.75) is 42.0 Å². The third-order valence-corrected chi connectivity index (χ3v) is 10.3. The van der Waals surface area contributed by atoms with Crippen LogP contribution in [-0.2, 0) is 25.7 Å². The number of halogens is 2. The van der Waals surface area contributed by atoms with E-state index < -0.39 is 45.2 Å². The first-order chi connectivity index (χ1) is 18.0. The molecule has 0 aromatic heterocycles. The fraction of sp³-hybridized carbons (Fsp3) is 0.379. The zero-order chi connectivity index (χ0) is 27.1. The summed E-state index contributed by atoms with van der Waals surface area (Å²) in [5, 5.41) is 11.1. The molecule has 1 N–H and O–H groups in total. The maximum atomic E-state index is 13.9. The normalized spacial score (nSPS) is 34.3. The van der Waals surface area contributed by atoms with E-state index in [9.17, 15) is 24.3 Å². The van der Waals surface area contributed by atoms with Crippen LogP contribution in [0.3, 0.4) is 0 Å². The largest absolute Gasteiger partial charge is 0.507 e. The number of alkyl halides is 2. The number of likely N-dealkylation sites (tertiary alicyclic amines) is 2. The molecule has 0 spiro atoms. The highest BCUT2D eigenvalue weighted by atomic mass is 35.5. The van der Waals surface area contributed by atoms with Gasteiger partial charge in [-0.2, -0.15) is 0 Å². The fourth-order valence-electron chi connectivity index (χ4n) is 6.99. The van der Waals surface area contributed by atoms with Gasteiger partial charge in [-0.05, 0) is 36.8 Å². The molecule has 0 unspecified atom stereocenters. The summed E-state index contributed by atoms with van der Waals surface area (Å²) >= 11 is 14.3. The molecule has 2 saturated heterocycles. The van der Waals surface area contributed by atoms with Crippen LogP contribution in [0.15, 0.2) is 60.2 Å². The van der Waals surface area contributed by atoms with Crippen molar-refractivity contribution >= 4 is 46.8 Å². The lowest BCUT2D eigenvalue weighted by Crippen LogP contribution is -2.60. The van der Waals surface area contributed by atoms with Gasteiger partial charge >= 0.3 is 0 Å². The molecule has 2 aromatic rings. The lowest BCUT2D eigenvalue weighted by molar-refractivity contribution is -0.141. The monoisotopic (exact) mass is 552 g/mol. The second kappa shape index (κ2) is 8.42. The van der Waals surface area contributed by atoms with Crippen molar-refractivity contribution in [3.05, 3.63) is 76.9 Å². The number of amides is 4. The van der Waals surface area contributed by atoms with Crippen LogP contribution in [0, 0.1) is 24.7 Å². The van der Waals surface area contributed by atoms with Gasteiger partial charge in [0.2, 0.25) is 11.8 Å². The van der Waals surface area contributed by atoms with Gasteiger partial charge in [0, 0.05) is 18.5 Å². The van der Waals surface area contributed by atoms with Crippen LogP contribution in [-0.4, -0.2) is 55.3 Å². The summed E-state index contributed by atoms with van der Waals surface area (Å²) in [5.74, 6) is -4.83. The number of hydrogen-bond donors (Lipinski definition) is 1. The first-order valence-corrected chi connectivity index (χ1v) is 13.4. The van der Waals surface area contributed by atoms with Crippen molar-refractivity contribution in [3.8, 4) is 5.75 Å². The average Bonchev–Trinajstić information content (AvgIpc) is 3.22. The molecule has 9 heteroatoms. The van der Waals surface area contributed by atoms with E-state index in [-0.39, 0.29) is 37.0 Å². The van der Waals surface area contributed by atoms with Crippen LogP contribution >= 0.6 is 23.2 Å². The molecule has 2 aliphatic carbocycles. The zero-order valence-electron chi connectivity index (χ0n) is 20.9. The molecule has 6 rings (SSSR count). The number of nitrogens with zero attached hydrogens (tertiary/aromatic N) is 2. The van der Waals surface area contributed by atoms with Crippen LogP contribution in [0.25, 0.3) is 0 Å². The predicted molar refractivity (Wildman–Crippen MR) is 140 cm³/mol. The number of rotatable bonds is 3. The van der Waals surface area contributed by atoms with E-state index in [1.165, 1.54) is 11.9 Å². The smallest absolute Gasteiger partial charge is 0.253 e. The Bertz CT molecular complexity index is 1440. The van der Waals surface area contributed by atoms with Gasteiger partial charge in [0.25, 0.3) is 11.8 Å². The van der Waals surface area contributed by atoms with Gasteiger partial charge in [-0.3, -0.25) is 29.0 Å². The summed E-state index contributed by atoms with van der Waals surface area (Å²) < 4.78 is 0. The molecule has 2 heterocycles. The van der Waals surface area contributed by atoms with Crippen molar-refractivity contribution in [3.63, 3.8) is 0 Å². The molecule has 38 heavy (non-hydrogen) atoms. The quantitative estimate of drug-likeness (QED) is 0.354. The number of carbonyl (C=O) groups is 4. The number of aryl methyl sites for hydroxylation is 1. The third kappa shape index (κ3) is 3.09. The fourth-order valence-corrected chi connectivity index (χ4v) is 8.00. The molecular weight excluding hydrogens is 527 g/mol. The second-order valence-corrected chi connectivity index (χ2v) is 12.0. The Labute approximate surface area is 230 Å². The maximum absolute atomic E-state index is 13.9. The van der Waals surface area contributed by atoms with Crippen LogP contribution in [0.4, 0.5) is 0 Å². The Kier molecular flexibility index (Phi) is 5.57. The number of fused-ring (bicyclic) bond motifs is 4. The third-order valence-electron chi connectivity index (χ3n) is 8.87. The highest BCUT2D eigenvalue weighted by molar-refractivity contribution is 6.53. The van der Waals surface area contributed by atoms with Crippen LogP contribution in [0.2, 0.25) is 0 Å². The molecule has 6 atom stereocenters. The van der Waals surface area contributed by atoms with Crippen molar-refractivity contribution in [2.24, 2.45) is 17.8 Å². The Balaban J connectivity index is 1.49. The number of para-hydroxylation sites is 1. The average molecular weight is 553 g/mol. The lowest BCUT2D eigenvalue weighted by Gasteiger charge is -2.50. The van der Waals surface area contributed by atoms with Gasteiger partial charge in [-0.25, -0.2) is 0 Å². The number of phenols is 1. The van der Waals surface area contributed by atoms with Gasteiger partial charge in [-0.15, -0.1) is 23.2 Å². The predicted octanol–water partition coefficient (Wildman–Crippen LogP) is 3.89. The first-order valence-electron chi connectivity index (χ1n) is 12.6. The summed E-state index contributed by atoms with van der Waals surface area (Å²) in [6, 6.07) is 14.4. The van der Waals surface area contributed by atoms with Crippen LogP contribution < -0.4 is 0 Å². The minimum Gasteiger partial charge on any atom is -0.507 e. The van der Waals surface area contributed by atoms with E-state index in [0.717, 1.165) is 10.5 Å². The van der Waals surface area contributed by atoms with Crippen molar-refractivity contribution in [1.29, 1.82) is 0 Å². The molecule has 7 nitrogen and oxygen atoms in total. The lowest BCUT2D eigenvalue weighted by atomic mass is 9.56. The Morgan fingerprint density at radius 2 is 1.66 bits per heavy atom. The molecule has 4 amide bonds. The topological polar surface area (TPSA) is 95.0 Å². The van der Waals surface area contributed by atoms with E-state index in [4.69, 9.17) is 23.2 Å². The van der Waals surface area contributed by atoms with E-state index in [2.05, 4.69) is 0 Å². The number of aromatic hydroxyl groups is 1. The number of phenolic OH excluding ortho intramolecular Hbond substituents is 1. The minimum absolute atomic E-state index is 0.0467. The molecule has 2 aliphatic heterocycles. The molecule has 0 radical (unpaired) electrons. The Morgan fingerprint density at radius 1 is 0.947 bits per heavy atom. The molecule has 4 aliphatic rings. The standard InChI is InChI=1S/C29H26Cl2N2O5/c1-15-7-6-10-19(23(15)34)22-17-11-12-18-21(25(36)33(24(18)35)14-16-8-4-3-5-9-16)20(17)13-28(30)26(37)32(2)27(38)29(22,28)31/h3-11,18,20-22,34H,12-14H2,1-2H3/t18-,20+,21-,22+,28+,29-/m0/s1. The van der Waals surface area contributed by atoms with Crippen molar-refractivity contribution in [1.82, 2.24) is 9.80 Å². The number of carbonyl (C=O) groups excluding carboxylic acids is 4. The minimum atomic E-state index is -1.91.